The number of nitrogens with one attached hydrogen (secondary N) is 3. The lowest BCUT2D eigenvalue weighted by Crippen LogP contribution is -2.49. The van der Waals surface area contributed by atoms with Crippen LogP contribution in [0.15, 0.2) is 73.6 Å². The Morgan fingerprint density at radius 1 is 1.07 bits per heavy atom. The zero-order valence-electron chi connectivity index (χ0n) is 23.6. The van der Waals surface area contributed by atoms with Crippen LogP contribution >= 0.6 is 0 Å². The Labute approximate surface area is 248 Å². The van der Waals surface area contributed by atoms with Crippen LogP contribution in [0.2, 0.25) is 0 Å². The van der Waals surface area contributed by atoms with Crippen molar-refractivity contribution in [3.05, 3.63) is 84.7 Å². The molecule has 0 spiro atoms. The fourth-order valence-electron chi connectivity index (χ4n) is 5.25. The maximum atomic E-state index is 13.6. The monoisotopic (exact) mass is 574 g/mol. The zero-order chi connectivity index (χ0) is 29.6. The molecule has 1 saturated carbocycles. The lowest BCUT2D eigenvalue weighted by atomic mass is 9.90. The van der Waals surface area contributed by atoms with Crippen molar-refractivity contribution in [2.75, 3.05) is 10.2 Å². The van der Waals surface area contributed by atoms with Crippen molar-refractivity contribution >= 4 is 17.8 Å². The third-order valence-electron chi connectivity index (χ3n) is 7.45. The summed E-state index contributed by atoms with van der Waals surface area (Å²) in [4.78, 5) is 33.5. The number of nitrogens with zero attached hydrogens (tertiary/aromatic N) is 9. The van der Waals surface area contributed by atoms with Gasteiger partial charge in [-0.1, -0.05) is 30.3 Å². The van der Waals surface area contributed by atoms with Crippen molar-refractivity contribution < 1.29 is 4.79 Å². The predicted molar refractivity (Wildman–Crippen MR) is 159 cm³/mol. The molecule has 6 rings (SSSR count). The number of aromatic amines is 1. The first-order valence-corrected chi connectivity index (χ1v) is 14.0. The Bertz CT molecular complexity index is 1700. The van der Waals surface area contributed by atoms with Crippen LogP contribution in [0.4, 0.5) is 16.6 Å². The third-order valence-corrected chi connectivity index (χ3v) is 7.45. The van der Waals surface area contributed by atoms with Crippen LogP contribution in [-0.2, 0) is 13.6 Å². The fraction of sp³-hybridized carbons (Fsp3) is 0.267. The summed E-state index contributed by atoms with van der Waals surface area (Å²) in [7, 11) is 1.85. The number of urea groups is 1. The summed E-state index contributed by atoms with van der Waals surface area (Å²) in [6.45, 7) is 0.406. The van der Waals surface area contributed by atoms with Crippen molar-refractivity contribution in [2.24, 2.45) is 7.05 Å². The Morgan fingerprint density at radius 3 is 2.58 bits per heavy atom. The molecule has 43 heavy (non-hydrogen) atoms. The second-order valence-corrected chi connectivity index (χ2v) is 10.4. The normalized spacial score (nSPS) is 16.3. The number of hydrogen-bond donors (Lipinski definition) is 3. The van der Waals surface area contributed by atoms with Gasteiger partial charge in [-0.2, -0.15) is 15.5 Å². The first-order chi connectivity index (χ1) is 21.1. The number of rotatable bonds is 8. The van der Waals surface area contributed by atoms with E-state index in [1.54, 1.807) is 40.4 Å². The highest BCUT2D eigenvalue weighted by atomic mass is 16.2. The second-order valence-electron chi connectivity index (χ2n) is 10.4. The lowest BCUT2D eigenvalue weighted by Gasteiger charge is -2.36. The topological polar surface area (TPSA) is 166 Å². The molecular weight excluding hydrogens is 544 g/mol. The minimum Gasteiger partial charge on any atom is -0.351 e. The van der Waals surface area contributed by atoms with Crippen molar-refractivity contribution in [1.82, 2.24) is 45.2 Å². The molecular formula is C30H30N12O. The summed E-state index contributed by atoms with van der Waals surface area (Å²) in [6, 6.07) is 13.5. The molecule has 2 amide bonds. The molecule has 4 heterocycles. The summed E-state index contributed by atoms with van der Waals surface area (Å²) in [5.41, 5.74) is 4.07. The van der Waals surface area contributed by atoms with E-state index in [1.165, 1.54) is 6.20 Å². The summed E-state index contributed by atoms with van der Waals surface area (Å²) in [6.07, 6.45) is 13.1. The molecule has 1 aliphatic rings. The number of nitriles is 1. The van der Waals surface area contributed by atoms with Crippen LogP contribution in [0, 0.1) is 11.3 Å². The molecule has 3 N–H and O–H groups in total. The van der Waals surface area contributed by atoms with E-state index in [4.69, 9.17) is 0 Å². The molecule has 0 unspecified atom stereocenters. The van der Waals surface area contributed by atoms with E-state index in [9.17, 15) is 10.1 Å². The van der Waals surface area contributed by atoms with Gasteiger partial charge in [0.25, 0.3) is 0 Å². The Balaban J connectivity index is 1.16. The van der Waals surface area contributed by atoms with Gasteiger partial charge in [-0.05, 0) is 37.3 Å². The molecule has 216 valence electrons. The number of H-pyrrole nitrogens is 1. The number of hydrogen-bond acceptors (Lipinski definition) is 9. The SMILES string of the molecule is Cn1cc(-c2cnc(N(C(=O)NCc3ccccc3)[C@H]3CC[C@H](Nc4ncc(C#N)c(-c5ccn[nH]5)n4)CC3)cn2)cn1. The van der Waals surface area contributed by atoms with Crippen molar-refractivity contribution in [2.45, 2.75) is 44.3 Å². The van der Waals surface area contributed by atoms with Gasteiger partial charge in [-0.3, -0.25) is 19.7 Å². The molecule has 1 fully saturated rings. The minimum atomic E-state index is -0.219. The molecule has 0 bridgehead atoms. The quantitative estimate of drug-likeness (QED) is 0.248. The van der Waals surface area contributed by atoms with Gasteiger partial charge < -0.3 is 10.6 Å². The Kier molecular flexibility index (Phi) is 7.99. The Hall–Kier alpha value is -5.64. The average Bonchev–Trinajstić information content (AvgIpc) is 3.74. The van der Waals surface area contributed by atoms with Crippen molar-refractivity contribution in [3.63, 3.8) is 0 Å². The number of aromatic nitrogens is 8. The molecule has 0 saturated heterocycles. The second kappa shape index (κ2) is 12.5. The molecule has 0 radical (unpaired) electrons. The first-order valence-electron chi connectivity index (χ1n) is 14.0. The minimum absolute atomic E-state index is 0.0743. The van der Waals surface area contributed by atoms with Crippen LogP contribution in [0.5, 0.6) is 0 Å². The maximum absolute atomic E-state index is 13.6. The van der Waals surface area contributed by atoms with Crippen LogP contribution < -0.4 is 15.5 Å². The highest BCUT2D eigenvalue weighted by Crippen LogP contribution is 2.29. The van der Waals surface area contributed by atoms with E-state index in [-0.39, 0.29) is 18.1 Å². The van der Waals surface area contributed by atoms with Gasteiger partial charge in [-0.15, -0.1) is 0 Å². The highest BCUT2D eigenvalue weighted by Gasteiger charge is 2.31. The molecule has 13 heteroatoms. The molecule has 0 aliphatic heterocycles. The molecule has 13 nitrogen and oxygen atoms in total. The van der Waals surface area contributed by atoms with E-state index in [0.29, 0.717) is 41.0 Å². The molecule has 1 aliphatic carbocycles. The standard InChI is InChI=1S/C30H30N12O/c1-41-19-22(16-37-41)26-17-33-27(18-32-26)42(30(43)35-14-20-5-3-2-4-6-20)24-9-7-23(8-10-24)38-29-34-15-21(13-31)28(39-29)25-11-12-36-40-25/h2-6,11-12,15-19,23-24H,7-10,14H2,1H3,(H,35,43)(H,36,40)(H,34,38,39)/t23-,24-. The van der Waals surface area contributed by atoms with E-state index >= 15 is 0 Å². The number of anilines is 2. The van der Waals surface area contributed by atoms with E-state index in [2.05, 4.69) is 51.9 Å². The van der Waals surface area contributed by atoms with E-state index in [0.717, 1.165) is 36.8 Å². The summed E-state index contributed by atoms with van der Waals surface area (Å²) >= 11 is 0. The largest absolute Gasteiger partial charge is 0.351 e. The summed E-state index contributed by atoms with van der Waals surface area (Å²) < 4.78 is 1.71. The highest BCUT2D eigenvalue weighted by molar-refractivity contribution is 5.91. The zero-order valence-corrected chi connectivity index (χ0v) is 23.6. The van der Waals surface area contributed by atoms with Crippen molar-refractivity contribution in [3.8, 4) is 28.7 Å². The Morgan fingerprint density at radius 2 is 1.91 bits per heavy atom. The predicted octanol–water partition coefficient (Wildman–Crippen LogP) is 4.07. The first kappa shape index (κ1) is 27.5. The number of aryl methyl sites for hydroxylation is 1. The van der Waals surface area contributed by atoms with Crippen LogP contribution in [0.1, 0.15) is 36.8 Å². The van der Waals surface area contributed by atoms with Gasteiger partial charge in [0.2, 0.25) is 5.95 Å². The fourth-order valence-corrected chi connectivity index (χ4v) is 5.25. The van der Waals surface area contributed by atoms with E-state index in [1.807, 2.05) is 43.6 Å². The van der Waals surface area contributed by atoms with Gasteiger partial charge in [0, 0.05) is 43.6 Å². The molecule has 5 aromatic rings. The van der Waals surface area contributed by atoms with E-state index < -0.39 is 0 Å². The van der Waals surface area contributed by atoms with Crippen LogP contribution in [0.3, 0.4) is 0 Å². The molecule has 1 aromatic carbocycles. The maximum Gasteiger partial charge on any atom is 0.323 e. The van der Waals surface area contributed by atoms with Gasteiger partial charge >= 0.3 is 6.03 Å². The molecule has 0 atom stereocenters. The van der Waals surface area contributed by atoms with Gasteiger partial charge in [0.05, 0.1) is 41.7 Å². The number of benzene rings is 1. The number of amides is 2. The average molecular weight is 575 g/mol. The smallest absolute Gasteiger partial charge is 0.323 e. The van der Waals surface area contributed by atoms with Gasteiger partial charge in [-0.25, -0.2) is 19.7 Å². The summed E-state index contributed by atoms with van der Waals surface area (Å²) in [5.74, 6) is 0.940. The number of carbonyl (C=O) groups is 1. The van der Waals surface area contributed by atoms with Gasteiger partial charge in [0.1, 0.15) is 11.8 Å². The summed E-state index contributed by atoms with van der Waals surface area (Å²) in [5, 5.41) is 27.0. The van der Waals surface area contributed by atoms with Gasteiger partial charge in [0.15, 0.2) is 5.82 Å². The van der Waals surface area contributed by atoms with Crippen molar-refractivity contribution in [1.29, 1.82) is 5.26 Å². The van der Waals surface area contributed by atoms with Crippen LogP contribution in [0.25, 0.3) is 22.6 Å². The van der Waals surface area contributed by atoms with Crippen LogP contribution in [-0.4, -0.2) is 58.0 Å². The number of carbonyl (C=O) groups excluding carboxylic acids is 1. The lowest BCUT2D eigenvalue weighted by molar-refractivity contribution is 0.240. The third kappa shape index (κ3) is 6.33. The molecule has 4 aromatic heterocycles.